The lowest BCUT2D eigenvalue weighted by atomic mass is 10.0. The first-order chi connectivity index (χ1) is 17.3. The molecule has 1 aliphatic heterocycles. The fraction of sp³-hybridized carbons (Fsp3) is 0.0667. The zero-order valence-corrected chi connectivity index (χ0v) is 19.8. The molecule has 0 saturated carbocycles. The monoisotopic (exact) mass is 476 g/mol. The molecule has 1 amide bonds. The minimum absolute atomic E-state index is 0.0400. The number of carboxylic acids is 1. The summed E-state index contributed by atoms with van der Waals surface area (Å²) in [6.45, 7) is 4.01. The van der Waals surface area contributed by atoms with Crippen LogP contribution in [0.4, 0.5) is 17.1 Å². The maximum atomic E-state index is 13.6. The third kappa shape index (κ3) is 4.09. The third-order valence-electron chi connectivity index (χ3n) is 6.16. The molecular formula is C30H24N2O4. The van der Waals surface area contributed by atoms with Crippen molar-refractivity contribution in [1.29, 1.82) is 0 Å². The standard InChI is InChI=1S/C30H24N2O4/c1-18-13-19(2)15-22(14-18)32-27-12-4-3-9-24(27)25(29(32)34)17-31-26-11-6-10-23(28(26)33)20-7-5-8-21(16-20)30(35)36/h3-17,31,33H,1-2H3,(H,35,36)/b25-17-. The highest BCUT2D eigenvalue weighted by molar-refractivity contribution is 6.35. The molecule has 5 rings (SSSR count). The fourth-order valence-electron chi connectivity index (χ4n) is 4.58. The van der Waals surface area contributed by atoms with E-state index in [-0.39, 0.29) is 17.2 Å². The van der Waals surface area contributed by atoms with Crippen molar-refractivity contribution in [2.75, 3.05) is 10.2 Å². The third-order valence-corrected chi connectivity index (χ3v) is 6.16. The summed E-state index contributed by atoms with van der Waals surface area (Å²) in [4.78, 5) is 26.7. The lowest BCUT2D eigenvalue weighted by Gasteiger charge is -2.18. The number of carbonyl (C=O) groups excluding carboxylic acids is 1. The molecule has 0 saturated heterocycles. The van der Waals surface area contributed by atoms with Gasteiger partial charge in [-0.15, -0.1) is 0 Å². The van der Waals surface area contributed by atoms with E-state index in [1.165, 1.54) is 12.1 Å². The summed E-state index contributed by atoms with van der Waals surface area (Å²) in [5, 5.41) is 23.4. The van der Waals surface area contributed by atoms with E-state index in [9.17, 15) is 19.8 Å². The highest BCUT2D eigenvalue weighted by Gasteiger charge is 2.33. The van der Waals surface area contributed by atoms with Gasteiger partial charge in [0.1, 0.15) is 5.75 Å². The molecule has 178 valence electrons. The summed E-state index contributed by atoms with van der Waals surface area (Å²) in [5.41, 5.74) is 6.59. The van der Waals surface area contributed by atoms with Crippen LogP contribution in [0.1, 0.15) is 27.0 Å². The SMILES string of the molecule is Cc1cc(C)cc(N2C(=O)/C(=C\Nc3cccc(-c4cccc(C(=O)O)c4)c3O)c3ccccc32)c1. The van der Waals surface area contributed by atoms with Crippen LogP contribution < -0.4 is 10.2 Å². The maximum Gasteiger partial charge on any atom is 0.335 e. The molecule has 0 aliphatic carbocycles. The number of nitrogens with one attached hydrogen (secondary N) is 1. The van der Waals surface area contributed by atoms with Crippen molar-refractivity contribution in [3.05, 3.63) is 113 Å². The van der Waals surface area contributed by atoms with Crippen LogP contribution in [-0.2, 0) is 4.79 Å². The fourth-order valence-corrected chi connectivity index (χ4v) is 4.58. The normalized spacial score (nSPS) is 13.7. The van der Waals surface area contributed by atoms with E-state index in [1.807, 2.05) is 50.2 Å². The second-order valence-electron chi connectivity index (χ2n) is 8.79. The van der Waals surface area contributed by atoms with Gasteiger partial charge in [-0.25, -0.2) is 4.79 Å². The summed E-state index contributed by atoms with van der Waals surface area (Å²) in [5.74, 6) is -1.25. The van der Waals surface area contributed by atoms with Gasteiger partial charge < -0.3 is 15.5 Å². The molecule has 4 aromatic rings. The van der Waals surface area contributed by atoms with Crippen LogP contribution in [0.25, 0.3) is 16.7 Å². The number of fused-ring (bicyclic) bond motifs is 1. The van der Waals surface area contributed by atoms with Gasteiger partial charge in [-0.3, -0.25) is 9.69 Å². The van der Waals surface area contributed by atoms with Gasteiger partial charge >= 0.3 is 5.97 Å². The van der Waals surface area contributed by atoms with Crippen LogP contribution in [0.3, 0.4) is 0 Å². The van der Waals surface area contributed by atoms with E-state index in [0.29, 0.717) is 22.4 Å². The first-order valence-corrected chi connectivity index (χ1v) is 11.5. The van der Waals surface area contributed by atoms with Crippen LogP contribution in [-0.4, -0.2) is 22.1 Å². The van der Waals surface area contributed by atoms with Gasteiger partial charge in [-0.05, 0) is 66.9 Å². The predicted octanol–water partition coefficient (Wildman–Crippen LogP) is 6.51. The maximum absolute atomic E-state index is 13.6. The zero-order chi connectivity index (χ0) is 25.4. The summed E-state index contributed by atoms with van der Waals surface area (Å²) in [6, 6.07) is 25.2. The Kier molecular flexibility index (Phi) is 5.78. The first-order valence-electron chi connectivity index (χ1n) is 11.5. The molecule has 0 atom stereocenters. The van der Waals surface area contributed by atoms with E-state index < -0.39 is 5.97 Å². The number of aryl methyl sites for hydroxylation is 2. The van der Waals surface area contributed by atoms with E-state index >= 15 is 0 Å². The Balaban J connectivity index is 1.51. The van der Waals surface area contributed by atoms with Crippen molar-refractivity contribution >= 4 is 34.5 Å². The van der Waals surface area contributed by atoms with Crippen molar-refractivity contribution in [2.45, 2.75) is 13.8 Å². The van der Waals surface area contributed by atoms with Crippen molar-refractivity contribution in [1.82, 2.24) is 0 Å². The van der Waals surface area contributed by atoms with E-state index in [0.717, 1.165) is 28.1 Å². The Morgan fingerprint density at radius 2 is 1.56 bits per heavy atom. The summed E-state index contributed by atoms with van der Waals surface area (Å²) < 4.78 is 0. The number of phenolic OH excluding ortho intramolecular Hbond substituents is 1. The lowest BCUT2D eigenvalue weighted by molar-refractivity contribution is -0.112. The number of rotatable bonds is 5. The lowest BCUT2D eigenvalue weighted by Crippen LogP contribution is -2.21. The number of phenols is 1. The molecule has 1 aliphatic rings. The van der Waals surface area contributed by atoms with E-state index in [1.54, 1.807) is 41.4 Å². The summed E-state index contributed by atoms with van der Waals surface area (Å²) in [6.07, 6.45) is 1.61. The first kappa shape index (κ1) is 22.9. The van der Waals surface area contributed by atoms with Gasteiger partial charge in [0.05, 0.1) is 22.5 Å². The summed E-state index contributed by atoms with van der Waals surface area (Å²) >= 11 is 0. The van der Waals surface area contributed by atoms with Crippen molar-refractivity contribution in [2.24, 2.45) is 0 Å². The van der Waals surface area contributed by atoms with Gasteiger partial charge in [0.15, 0.2) is 0 Å². The second-order valence-corrected chi connectivity index (χ2v) is 8.79. The quantitative estimate of drug-likeness (QED) is 0.226. The number of amides is 1. The molecule has 36 heavy (non-hydrogen) atoms. The Morgan fingerprint density at radius 3 is 2.31 bits per heavy atom. The second kappa shape index (κ2) is 9.07. The number of carbonyl (C=O) groups is 2. The number of aromatic carboxylic acids is 1. The molecule has 0 radical (unpaired) electrons. The number of nitrogens with zero attached hydrogens (tertiary/aromatic N) is 1. The zero-order valence-electron chi connectivity index (χ0n) is 19.8. The van der Waals surface area contributed by atoms with Gasteiger partial charge in [0, 0.05) is 23.0 Å². The molecule has 0 fully saturated rings. The Hall–Kier alpha value is -4.84. The molecule has 3 N–H and O–H groups in total. The molecule has 4 aromatic carbocycles. The Morgan fingerprint density at radius 1 is 0.861 bits per heavy atom. The highest BCUT2D eigenvalue weighted by atomic mass is 16.4. The molecule has 6 heteroatoms. The number of aromatic hydroxyl groups is 1. The van der Waals surface area contributed by atoms with E-state index in [2.05, 4.69) is 11.4 Å². The van der Waals surface area contributed by atoms with Crippen molar-refractivity contribution in [3.8, 4) is 16.9 Å². The molecule has 0 aromatic heterocycles. The number of para-hydroxylation sites is 2. The highest BCUT2D eigenvalue weighted by Crippen LogP contribution is 2.42. The topological polar surface area (TPSA) is 89.9 Å². The molecule has 6 nitrogen and oxygen atoms in total. The van der Waals surface area contributed by atoms with Gasteiger partial charge in [-0.2, -0.15) is 0 Å². The Bertz CT molecular complexity index is 1530. The van der Waals surface area contributed by atoms with Crippen molar-refractivity contribution < 1.29 is 19.8 Å². The molecule has 0 spiro atoms. The van der Waals surface area contributed by atoms with Crippen LogP contribution in [0.2, 0.25) is 0 Å². The predicted molar refractivity (Wildman–Crippen MR) is 142 cm³/mol. The number of hydrogen-bond donors (Lipinski definition) is 3. The number of anilines is 3. The minimum Gasteiger partial charge on any atom is -0.505 e. The van der Waals surface area contributed by atoms with Gasteiger partial charge in [0.25, 0.3) is 5.91 Å². The van der Waals surface area contributed by atoms with Crippen LogP contribution >= 0.6 is 0 Å². The Labute approximate surface area is 208 Å². The van der Waals surface area contributed by atoms with Crippen molar-refractivity contribution in [3.63, 3.8) is 0 Å². The largest absolute Gasteiger partial charge is 0.505 e. The number of benzene rings is 4. The van der Waals surface area contributed by atoms with E-state index in [4.69, 9.17) is 0 Å². The molecule has 1 heterocycles. The smallest absolute Gasteiger partial charge is 0.335 e. The molecule has 0 bridgehead atoms. The average molecular weight is 477 g/mol. The number of carboxylic acid groups (broad SMARTS) is 1. The average Bonchev–Trinajstić information content (AvgIpc) is 3.14. The molecule has 0 unspecified atom stereocenters. The number of hydrogen-bond acceptors (Lipinski definition) is 4. The van der Waals surface area contributed by atoms with Gasteiger partial charge in [-0.1, -0.05) is 48.5 Å². The van der Waals surface area contributed by atoms with Crippen LogP contribution in [0, 0.1) is 13.8 Å². The van der Waals surface area contributed by atoms with Crippen LogP contribution in [0.15, 0.2) is 91.1 Å². The molecular weight excluding hydrogens is 452 g/mol. The minimum atomic E-state index is -1.04. The summed E-state index contributed by atoms with van der Waals surface area (Å²) in [7, 11) is 0. The van der Waals surface area contributed by atoms with Crippen LogP contribution in [0.5, 0.6) is 5.75 Å². The van der Waals surface area contributed by atoms with Gasteiger partial charge in [0.2, 0.25) is 0 Å².